The third kappa shape index (κ3) is 11.9. The number of hydrogen-bond donors (Lipinski definition) is 0. The molecule has 9 aromatic rings. The molecule has 3 aromatic heterocycles. The maximum Gasteiger partial charge on any atom is 0.144 e. The molecule has 9 rings (SSSR count). The van der Waals surface area contributed by atoms with Gasteiger partial charge in [0, 0.05) is 74.0 Å². The van der Waals surface area contributed by atoms with Gasteiger partial charge in [0.2, 0.25) is 0 Å². The molecule has 3 heterocycles. The van der Waals surface area contributed by atoms with Gasteiger partial charge >= 0.3 is 0 Å². The number of para-hydroxylation sites is 3. The maximum atomic E-state index is 4.63. The number of rotatable bonds is 12. The van der Waals surface area contributed by atoms with Gasteiger partial charge < -0.3 is 0 Å². The van der Waals surface area contributed by atoms with Crippen LogP contribution in [0, 0.1) is 0 Å². The largest absolute Gasteiger partial charge is 0.299 e. The van der Waals surface area contributed by atoms with E-state index in [-0.39, 0.29) is 20.1 Å². The van der Waals surface area contributed by atoms with Gasteiger partial charge in [-0.15, -0.1) is 0 Å². The molecule has 0 saturated carbocycles. The second-order valence-corrected chi connectivity index (χ2v) is 19.7. The molecule has 0 bridgehead atoms. The van der Waals surface area contributed by atoms with Gasteiger partial charge in [-0.3, -0.25) is 13.7 Å². The number of imidazole rings is 3. The average Bonchev–Trinajstić information content (AvgIpc) is 4.17. The third-order valence-electron chi connectivity index (χ3n) is 12.8. The summed E-state index contributed by atoms with van der Waals surface area (Å²) in [6.07, 6.45) is 11.9. The van der Waals surface area contributed by atoms with Gasteiger partial charge in [0.05, 0.1) is 17.1 Å². The Kier molecular flexibility index (Phi) is 18.5. The van der Waals surface area contributed by atoms with Crippen molar-refractivity contribution in [2.75, 3.05) is 0 Å². The number of hydrogen-bond acceptors (Lipinski definition) is 3. The van der Waals surface area contributed by atoms with E-state index in [9.17, 15) is 0 Å². The van der Waals surface area contributed by atoms with Gasteiger partial charge in [0.15, 0.2) is 0 Å². The monoisotopic (exact) mass is 1110 g/mol. The van der Waals surface area contributed by atoms with Crippen LogP contribution in [0.4, 0.5) is 0 Å². The summed E-state index contributed by atoms with van der Waals surface area (Å²) in [5, 5.41) is 0. The van der Waals surface area contributed by atoms with E-state index in [0.29, 0.717) is 35.5 Å². The van der Waals surface area contributed by atoms with Gasteiger partial charge in [-0.2, -0.15) is 0 Å². The van der Waals surface area contributed by atoms with Gasteiger partial charge in [-0.05, 0) is 68.9 Å². The Hall–Kier alpha value is -6.40. The fourth-order valence-corrected chi connectivity index (χ4v) is 9.22. The Bertz CT molecular complexity index is 2600. The van der Waals surface area contributed by atoms with Crippen molar-refractivity contribution in [1.82, 2.24) is 28.7 Å². The summed E-state index contributed by atoms with van der Waals surface area (Å²) in [4.78, 5) is 13.9. The molecule has 1 radical (unpaired) electrons. The second kappa shape index (κ2) is 24.4. The Morgan fingerprint density at radius 1 is 0.271 bits per heavy atom. The predicted octanol–water partition coefficient (Wildman–Crippen LogP) is 17.4. The summed E-state index contributed by atoms with van der Waals surface area (Å²) >= 11 is 0. The van der Waals surface area contributed by atoms with Crippen molar-refractivity contribution in [1.29, 1.82) is 0 Å². The Balaban J connectivity index is 0.000000171. The minimum Gasteiger partial charge on any atom is -0.299 e. The number of benzene rings is 6. The summed E-state index contributed by atoms with van der Waals surface area (Å²) in [7, 11) is 0. The van der Waals surface area contributed by atoms with Crippen LogP contribution in [0.25, 0.3) is 51.2 Å². The van der Waals surface area contributed by atoms with Gasteiger partial charge in [-0.25, -0.2) is 15.0 Å². The molecule has 6 aromatic carbocycles. The SMILES string of the molecule is CC(C)c1cccc(C(C)C)c1-n1ccnc1-c1ccccc1.CC(C)c1cccc(C(C)C)c1-n1ccnc1-c1ccccc1.CC(C)c1cccc(C(C)C)c1-n1ccnc1-c1ccccc1.[Ir]. The molecule has 0 aliphatic rings. The van der Waals surface area contributed by atoms with E-state index in [0.717, 1.165) is 34.2 Å². The van der Waals surface area contributed by atoms with E-state index < -0.39 is 0 Å². The Morgan fingerprint density at radius 2 is 0.471 bits per heavy atom. The summed E-state index contributed by atoms with van der Waals surface area (Å²) in [5.74, 6) is 5.81. The Labute approximate surface area is 432 Å². The van der Waals surface area contributed by atoms with Crippen LogP contribution < -0.4 is 0 Å². The van der Waals surface area contributed by atoms with Crippen LogP contribution >= 0.6 is 0 Å². The molecule has 0 atom stereocenters. The van der Waals surface area contributed by atoms with Crippen LogP contribution in [0.1, 0.15) is 152 Å². The summed E-state index contributed by atoms with van der Waals surface area (Å²) in [6, 6.07) is 51.1. The number of nitrogens with zero attached hydrogens (tertiary/aromatic N) is 6. The molecule has 6 nitrogen and oxygen atoms in total. The minimum absolute atomic E-state index is 0. The molecule has 7 heteroatoms. The van der Waals surface area contributed by atoms with Crippen LogP contribution in [-0.2, 0) is 20.1 Å². The van der Waals surface area contributed by atoms with Crippen molar-refractivity contribution in [3.63, 3.8) is 0 Å². The van der Waals surface area contributed by atoms with E-state index in [1.54, 1.807) is 0 Å². The molecule has 0 aliphatic heterocycles. The van der Waals surface area contributed by atoms with E-state index in [2.05, 4.69) is 258 Å². The zero-order valence-electron chi connectivity index (χ0n) is 43.3. The van der Waals surface area contributed by atoms with Crippen molar-refractivity contribution >= 4 is 0 Å². The standard InChI is InChI=1S/3C21H24N2.Ir/c3*1-15(2)18-11-8-12-19(16(3)4)20(18)23-14-13-22-21(23)17-9-6-5-7-10-17;/h3*5-16H,1-4H3;. The van der Waals surface area contributed by atoms with E-state index in [1.807, 2.05) is 36.8 Å². The van der Waals surface area contributed by atoms with Crippen molar-refractivity contribution in [3.8, 4) is 51.2 Å². The van der Waals surface area contributed by atoms with E-state index >= 15 is 0 Å². The average molecular weight is 1110 g/mol. The topological polar surface area (TPSA) is 53.5 Å². The zero-order valence-corrected chi connectivity index (χ0v) is 45.7. The van der Waals surface area contributed by atoms with Crippen LogP contribution in [-0.4, -0.2) is 28.7 Å². The van der Waals surface area contributed by atoms with Crippen LogP contribution in [0.3, 0.4) is 0 Å². The van der Waals surface area contributed by atoms with Gasteiger partial charge in [-0.1, -0.05) is 229 Å². The fourth-order valence-electron chi connectivity index (χ4n) is 9.22. The van der Waals surface area contributed by atoms with Crippen LogP contribution in [0.2, 0.25) is 0 Å². The minimum atomic E-state index is 0. The first-order valence-electron chi connectivity index (χ1n) is 24.9. The zero-order chi connectivity index (χ0) is 49.2. The van der Waals surface area contributed by atoms with Crippen LogP contribution in [0.15, 0.2) is 183 Å². The van der Waals surface area contributed by atoms with E-state index in [1.165, 1.54) is 50.4 Å². The smallest absolute Gasteiger partial charge is 0.144 e. The molecule has 0 unspecified atom stereocenters. The third-order valence-corrected chi connectivity index (χ3v) is 12.8. The summed E-state index contributed by atoms with van der Waals surface area (Å²) < 4.78 is 6.75. The molecular weight excluding hydrogens is 1030 g/mol. The molecule has 0 spiro atoms. The Morgan fingerprint density at radius 3 is 0.657 bits per heavy atom. The normalized spacial score (nSPS) is 11.2. The molecule has 0 amide bonds. The van der Waals surface area contributed by atoms with Crippen molar-refractivity contribution in [2.24, 2.45) is 0 Å². The molecule has 0 fully saturated rings. The predicted molar refractivity (Wildman–Crippen MR) is 292 cm³/mol. The summed E-state index contributed by atoms with van der Waals surface area (Å²) in [5.41, 5.74) is 15.5. The van der Waals surface area contributed by atoms with Gasteiger partial charge in [0.1, 0.15) is 17.5 Å². The molecule has 0 aliphatic carbocycles. The molecule has 0 saturated heterocycles. The molecule has 363 valence electrons. The quantitative estimate of drug-likeness (QED) is 0.122. The number of aromatic nitrogens is 6. The van der Waals surface area contributed by atoms with Crippen molar-refractivity contribution < 1.29 is 20.1 Å². The fraction of sp³-hybridized carbons (Fsp3) is 0.286. The first kappa shape index (κ1) is 53.0. The molecular formula is C63H72IrN6. The van der Waals surface area contributed by atoms with Crippen molar-refractivity contribution in [2.45, 2.75) is 119 Å². The summed E-state index contributed by atoms with van der Waals surface area (Å²) in [6.45, 7) is 27.0. The molecule has 70 heavy (non-hydrogen) atoms. The van der Waals surface area contributed by atoms with E-state index in [4.69, 9.17) is 0 Å². The molecule has 0 N–H and O–H groups in total. The second-order valence-electron chi connectivity index (χ2n) is 19.7. The first-order chi connectivity index (χ1) is 33.3. The maximum absolute atomic E-state index is 4.63. The first-order valence-corrected chi connectivity index (χ1v) is 24.9. The van der Waals surface area contributed by atoms with Gasteiger partial charge in [0.25, 0.3) is 0 Å². The van der Waals surface area contributed by atoms with Crippen LogP contribution in [0.5, 0.6) is 0 Å². The van der Waals surface area contributed by atoms with Crippen molar-refractivity contribution in [3.05, 3.63) is 216 Å².